The smallest absolute Gasteiger partial charge is 0.416 e. The van der Waals surface area contributed by atoms with E-state index < -0.39 is 29.3 Å². The number of alkyl halides is 3. The van der Waals surface area contributed by atoms with Crippen LogP contribution >= 0.6 is 0 Å². The molecule has 116 valence electrons. The minimum atomic E-state index is -4.56. The number of nitrogen functional groups attached to an aromatic ring is 1. The Hall–Kier alpha value is -2.25. The minimum absolute atomic E-state index is 0.0234. The van der Waals surface area contributed by atoms with Crippen molar-refractivity contribution in [3.63, 3.8) is 0 Å². The molecule has 0 heterocycles. The zero-order valence-electron chi connectivity index (χ0n) is 11.8. The summed E-state index contributed by atoms with van der Waals surface area (Å²) in [6.45, 7) is 4.93. The summed E-state index contributed by atoms with van der Waals surface area (Å²) in [5.41, 5.74) is 3.29. The van der Waals surface area contributed by atoms with E-state index in [-0.39, 0.29) is 11.3 Å². The Morgan fingerprint density at radius 1 is 1.29 bits per heavy atom. The van der Waals surface area contributed by atoms with Gasteiger partial charge in [-0.15, -0.1) is 0 Å². The molecule has 1 aromatic carbocycles. The maximum atomic E-state index is 12.6. The van der Waals surface area contributed by atoms with Gasteiger partial charge in [0.1, 0.15) is 11.4 Å². The van der Waals surface area contributed by atoms with Crippen molar-refractivity contribution < 1.29 is 22.7 Å². The van der Waals surface area contributed by atoms with Crippen LogP contribution in [0, 0.1) is 5.41 Å². The van der Waals surface area contributed by atoms with Gasteiger partial charge in [0.05, 0.1) is 11.3 Å². The molecule has 5 nitrogen and oxygen atoms in total. The molecule has 1 rings (SSSR count). The largest absolute Gasteiger partial charge is 0.444 e. The molecule has 8 heteroatoms. The van der Waals surface area contributed by atoms with Crippen LogP contribution in [-0.4, -0.2) is 17.5 Å². The number of nitrogens with one attached hydrogen (secondary N) is 2. The first-order valence-electron chi connectivity index (χ1n) is 5.96. The normalized spacial score (nSPS) is 11.9. The van der Waals surface area contributed by atoms with Crippen molar-refractivity contribution in [2.45, 2.75) is 32.5 Å². The van der Waals surface area contributed by atoms with Crippen molar-refractivity contribution in [2.24, 2.45) is 5.73 Å². The molecule has 4 N–H and O–H groups in total. The summed E-state index contributed by atoms with van der Waals surface area (Å²) in [6.07, 6.45) is -5.40. The molecule has 1 amide bonds. The van der Waals surface area contributed by atoms with Crippen molar-refractivity contribution in [2.75, 3.05) is 5.32 Å². The Bertz CT molecular complexity index is 563. The maximum Gasteiger partial charge on any atom is 0.416 e. The zero-order chi connectivity index (χ0) is 16.4. The lowest BCUT2D eigenvalue weighted by Crippen LogP contribution is -2.28. The van der Waals surface area contributed by atoms with E-state index in [1.54, 1.807) is 20.8 Å². The lowest BCUT2D eigenvalue weighted by Gasteiger charge is -2.20. The van der Waals surface area contributed by atoms with Gasteiger partial charge in [0.15, 0.2) is 0 Å². The number of carbonyl (C=O) groups excluding carboxylic acids is 1. The van der Waals surface area contributed by atoms with E-state index in [1.165, 1.54) is 0 Å². The number of hydrogen-bond donors (Lipinski definition) is 3. The van der Waals surface area contributed by atoms with Crippen LogP contribution in [0.2, 0.25) is 0 Å². The molecule has 0 bridgehead atoms. The number of amidine groups is 1. The van der Waals surface area contributed by atoms with E-state index in [1.807, 2.05) is 0 Å². The first kappa shape index (κ1) is 16.8. The molecule has 0 aromatic heterocycles. The standard InChI is InChI=1S/C13H16F3N3O2/c1-12(2,3)21-11(20)19-9-5-4-7(13(14,15)16)6-8(9)10(17)18/h4-6H,1-3H3,(H3,17,18)(H,19,20). The Kier molecular flexibility index (Phi) is 4.50. The number of rotatable bonds is 2. The predicted octanol–water partition coefficient (Wildman–Crippen LogP) is 3.34. The first-order chi connectivity index (χ1) is 9.40. The predicted molar refractivity (Wildman–Crippen MR) is 72.3 cm³/mol. The summed E-state index contributed by atoms with van der Waals surface area (Å²) >= 11 is 0. The Labute approximate surface area is 119 Å². The van der Waals surface area contributed by atoms with Gasteiger partial charge < -0.3 is 10.5 Å². The second-order valence-corrected chi connectivity index (χ2v) is 5.30. The van der Waals surface area contributed by atoms with Crippen LogP contribution in [0.25, 0.3) is 0 Å². The molecule has 0 spiro atoms. The van der Waals surface area contributed by atoms with Crippen molar-refractivity contribution in [1.82, 2.24) is 0 Å². The summed E-state index contributed by atoms with van der Waals surface area (Å²) in [5.74, 6) is -0.591. The highest BCUT2D eigenvalue weighted by molar-refractivity contribution is 6.03. The van der Waals surface area contributed by atoms with Gasteiger partial charge in [0.2, 0.25) is 0 Å². The van der Waals surface area contributed by atoms with Gasteiger partial charge in [0, 0.05) is 5.56 Å². The van der Waals surface area contributed by atoms with E-state index in [4.69, 9.17) is 15.9 Å². The number of hydrogen-bond acceptors (Lipinski definition) is 3. The molecular formula is C13H16F3N3O2. The third-order valence-electron chi connectivity index (χ3n) is 2.27. The molecule has 0 saturated heterocycles. The molecule has 0 radical (unpaired) electrons. The summed E-state index contributed by atoms with van der Waals surface area (Å²) < 4.78 is 42.9. The van der Waals surface area contributed by atoms with Gasteiger partial charge in [-0.25, -0.2) is 4.79 Å². The maximum absolute atomic E-state index is 12.6. The monoisotopic (exact) mass is 303 g/mol. The van der Waals surface area contributed by atoms with Crippen LogP contribution in [0.3, 0.4) is 0 Å². The average molecular weight is 303 g/mol. The second kappa shape index (κ2) is 5.63. The van der Waals surface area contributed by atoms with Crippen molar-refractivity contribution >= 4 is 17.6 Å². The third kappa shape index (κ3) is 4.97. The molecule has 0 fully saturated rings. The summed E-state index contributed by atoms with van der Waals surface area (Å²) in [4.78, 5) is 11.6. The molecular weight excluding hydrogens is 287 g/mol. The zero-order valence-corrected chi connectivity index (χ0v) is 11.8. The molecule has 0 aliphatic carbocycles. The highest BCUT2D eigenvalue weighted by Gasteiger charge is 2.31. The van der Waals surface area contributed by atoms with E-state index in [9.17, 15) is 18.0 Å². The van der Waals surface area contributed by atoms with E-state index in [2.05, 4.69) is 5.32 Å². The van der Waals surface area contributed by atoms with Gasteiger partial charge in [-0.1, -0.05) is 0 Å². The quantitative estimate of drug-likeness (QED) is 0.578. The number of benzene rings is 1. The van der Waals surface area contributed by atoms with Crippen LogP contribution in [-0.2, 0) is 10.9 Å². The third-order valence-corrected chi connectivity index (χ3v) is 2.27. The fourth-order valence-corrected chi connectivity index (χ4v) is 1.47. The van der Waals surface area contributed by atoms with Crippen molar-refractivity contribution in [3.8, 4) is 0 Å². The topological polar surface area (TPSA) is 88.2 Å². The average Bonchev–Trinajstić information content (AvgIpc) is 2.24. The number of halogens is 3. The number of ether oxygens (including phenoxy) is 1. The second-order valence-electron chi connectivity index (χ2n) is 5.30. The van der Waals surface area contributed by atoms with Crippen LogP contribution in [0.1, 0.15) is 31.9 Å². The Morgan fingerprint density at radius 2 is 1.86 bits per heavy atom. The van der Waals surface area contributed by atoms with Crippen LogP contribution in [0.15, 0.2) is 18.2 Å². The Morgan fingerprint density at radius 3 is 2.29 bits per heavy atom. The molecule has 0 aliphatic heterocycles. The van der Waals surface area contributed by atoms with Crippen molar-refractivity contribution in [1.29, 1.82) is 5.41 Å². The molecule has 0 aliphatic rings. The number of nitrogens with two attached hydrogens (primary N) is 1. The first-order valence-corrected chi connectivity index (χ1v) is 5.96. The molecule has 0 saturated carbocycles. The molecule has 0 unspecified atom stereocenters. The highest BCUT2D eigenvalue weighted by Crippen LogP contribution is 2.31. The number of carbonyl (C=O) groups is 1. The van der Waals surface area contributed by atoms with Gasteiger partial charge in [-0.2, -0.15) is 13.2 Å². The molecule has 21 heavy (non-hydrogen) atoms. The van der Waals surface area contributed by atoms with E-state index in [0.29, 0.717) is 6.07 Å². The van der Waals surface area contributed by atoms with E-state index >= 15 is 0 Å². The summed E-state index contributed by atoms with van der Waals surface area (Å²) in [5, 5.41) is 9.60. The lowest BCUT2D eigenvalue weighted by atomic mass is 10.1. The van der Waals surface area contributed by atoms with Gasteiger partial charge in [-0.05, 0) is 39.0 Å². The fourth-order valence-electron chi connectivity index (χ4n) is 1.47. The highest BCUT2D eigenvalue weighted by atomic mass is 19.4. The van der Waals surface area contributed by atoms with Gasteiger partial charge in [0.25, 0.3) is 0 Å². The molecule has 1 aromatic rings. The van der Waals surface area contributed by atoms with Crippen LogP contribution in [0.5, 0.6) is 0 Å². The van der Waals surface area contributed by atoms with Crippen LogP contribution in [0.4, 0.5) is 23.7 Å². The fraction of sp³-hybridized carbons (Fsp3) is 0.385. The summed E-state index contributed by atoms with van der Waals surface area (Å²) in [6, 6.07) is 2.53. The van der Waals surface area contributed by atoms with Gasteiger partial charge >= 0.3 is 12.3 Å². The minimum Gasteiger partial charge on any atom is -0.444 e. The Balaban J connectivity index is 3.08. The van der Waals surface area contributed by atoms with Gasteiger partial charge in [-0.3, -0.25) is 10.7 Å². The summed E-state index contributed by atoms with van der Waals surface area (Å²) in [7, 11) is 0. The van der Waals surface area contributed by atoms with E-state index in [0.717, 1.165) is 12.1 Å². The SMILES string of the molecule is CC(C)(C)OC(=O)Nc1ccc(C(F)(F)F)cc1C(=N)N. The number of amides is 1. The lowest BCUT2D eigenvalue weighted by molar-refractivity contribution is -0.137. The van der Waals surface area contributed by atoms with Crippen molar-refractivity contribution in [3.05, 3.63) is 29.3 Å². The molecule has 0 atom stereocenters. The van der Waals surface area contributed by atoms with Crippen LogP contribution < -0.4 is 11.1 Å². The number of anilines is 1.